The highest BCUT2D eigenvalue weighted by Crippen LogP contribution is 2.17. The summed E-state index contributed by atoms with van der Waals surface area (Å²) in [6, 6.07) is 11.1. The number of aliphatic imine (C=N–C) groups is 2. The number of hydrogen-bond acceptors (Lipinski definition) is 5. The Morgan fingerprint density at radius 1 is 1.09 bits per heavy atom. The van der Waals surface area contributed by atoms with E-state index in [-0.39, 0.29) is 23.0 Å². The molecule has 0 aliphatic heterocycles. The number of aliphatic hydroxyl groups excluding tert-OH is 1. The summed E-state index contributed by atoms with van der Waals surface area (Å²) in [6.45, 7) is 12.7. The van der Waals surface area contributed by atoms with Gasteiger partial charge in [0.1, 0.15) is 0 Å². The van der Waals surface area contributed by atoms with Gasteiger partial charge in [-0.3, -0.25) is 4.79 Å². The number of aryl methyl sites for hydroxylation is 2. The lowest BCUT2D eigenvalue weighted by Crippen LogP contribution is -2.35. The van der Waals surface area contributed by atoms with Crippen molar-refractivity contribution in [2.24, 2.45) is 9.98 Å². The molecule has 2 aromatic rings. The SMILES string of the molecule is C/C(=N\C(=N/C(C)(C)C)NS(=O)(=O)c1cccc(C(=O)N[C@H](C)CO)c1)c1c(C)cccc1C. The van der Waals surface area contributed by atoms with Gasteiger partial charge in [-0.05, 0) is 77.8 Å². The molecular weight excluding hydrogens is 452 g/mol. The topological polar surface area (TPSA) is 120 Å². The maximum absolute atomic E-state index is 13.2. The van der Waals surface area contributed by atoms with Gasteiger partial charge < -0.3 is 10.4 Å². The predicted octanol–water partition coefficient (Wildman–Crippen LogP) is 3.36. The Hall–Kier alpha value is -3.04. The molecule has 0 spiro atoms. The van der Waals surface area contributed by atoms with Crippen LogP contribution in [0.1, 0.15) is 61.7 Å². The molecule has 0 unspecified atom stereocenters. The molecule has 0 saturated heterocycles. The first kappa shape index (κ1) is 27.2. The maximum Gasteiger partial charge on any atom is 0.264 e. The van der Waals surface area contributed by atoms with Gasteiger partial charge in [0.05, 0.1) is 17.0 Å². The van der Waals surface area contributed by atoms with Gasteiger partial charge in [-0.25, -0.2) is 23.1 Å². The molecule has 3 N–H and O–H groups in total. The maximum atomic E-state index is 13.2. The number of hydrogen-bond donors (Lipinski definition) is 3. The summed E-state index contributed by atoms with van der Waals surface area (Å²) in [6.07, 6.45) is 0. The Kier molecular flexibility index (Phi) is 8.74. The van der Waals surface area contributed by atoms with E-state index in [1.54, 1.807) is 6.92 Å². The minimum absolute atomic E-state index is 0.0450. The van der Waals surface area contributed by atoms with Crippen LogP contribution >= 0.6 is 0 Å². The Labute approximate surface area is 202 Å². The van der Waals surface area contributed by atoms with E-state index in [1.165, 1.54) is 24.3 Å². The molecule has 0 aromatic heterocycles. The van der Waals surface area contributed by atoms with Crippen molar-refractivity contribution in [2.45, 2.75) is 64.9 Å². The van der Waals surface area contributed by atoms with Crippen LogP contribution in [0.3, 0.4) is 0 Å². The van der Waals surface area contributed by atoms with Crippen LogP contribution in [-0.2, 0) is 10.0 Å². The monoisotopic (exact) mass is 486 g/mol. The first-order chi connectivity index (χ1) is 15.7. The number of nitrogens with zero attached hydrogens (tertiary/aromatic N) is 2. The number of benzene rings is 2. The van der Waals surface area contributed by atoms with E-state index in [0.29, 0.717) is 5.71 Å². The molecule has 2 aromatic carbocycles. The second-order valence-electron chi connectivity index (χ2n) is 9.26. The zero-order valence-corrected chi connectivity index (χ0v) is 21.6. The van der Waals surface area contributed by atoms with Gasteiger partial charge in [0.2, 0.25) is 5.96 Å². The first-order valence-electron chi connectivity index (χ1n) is 11.0. The van der Waals surface area contributed by atoms with Gasteiger partial charge in [0, 0.05) is 22.9 Å². The van der Waals surface area contributed by atoms with Crippen LogP contribution in [0.2, 0.25) is 0 Å². The lowest BCUT2D eigenvalue weighted by atomic mass is 9.99. The normalized spacial score (nSPS) is 14.0. The van der Waals surface area contributed by atoms with Gasteiger partial charge >= 0.3 is 0 Å². The summed E-state index contributed by atoms with van der Waals surface area (Å²) in [5, 5.41) is 11.8. The third-order valence-corrected chi connectivity index (χ3v) is 6.17. The van der Waals surface area contributed by atoms with E-state index in [9.17, 15) is 13.2 Å². The molecule has 0 fully saturated rings. The molecular formula is C25H34N4O4S. The highest BCUT2D eigenvalue weighted by molar-refractivity contribution is 7.90. The second kappa shape index (κ2) is 10.9. The van der Waals surface area contributed by atoms with Crippen molar-refractivity contribution < 1.29 is 18.3 Å². The molecule has 34 heavy (non-hydrogen) atoms. The molecule has 2 rings (SSSR count). The summed E-state index contributed by atoms with van der Waals surface area (Å²) in [7, 11) is -4.09. The quantitative estimate of drug-likeness (QED) is 0.428. The molecule has 9 heteroatoms. The molecule has 1 atom stereocenters. The van der Waals surface area contributed by atoms with Crippen molar-refractivity contribution in [1.29, 1.82) is 0 Å². The minimum atomic E-state index is -4.09. The standard InChI is InChI=1S/C25H34N4O4S/c1-16-10-8-11-17(2)22(16)19(4)27-24(28-25(5,6)7)29-34(32,33)21-13-9-12-20(14-21)23(31)26-18(3)15-30/h8-14,18,30H,15H2,1-7H3,(H,26,31)(H,28,29)/b27-19+/t18-/m1/s1. The number of amides is 1. The van der Waals surface area contributed by atoms with E-state index < -0.39 is 27.5 Å². The van der Waals surface area contributed by atoms with E-state index in [1.807, 2.05) is 59.7 Å². The third kappa shape index (κ3) is 7.50. The summed E-state index contributed by atoms with van der Waals surface area (Å²) in [5.41, 5.74) is 3.18. The van der Waals surface area contributed by atoms with Crippen LogP contribution in [0.25, 0.3) is 0 Å². The number of carbonyl (C=O) groups is 1. The zero-order chi connectivity index (χ0) is 25.7. The van der Waals surface area contributed by atoms with Gasteiger partial charge in [0.25, 0.3) is 15.9 Å². The van der Waals surface area contributed by atoms with Crippen LogP contribution in [0.15, 0.2) is 57.3 Å². The van der Waals surface area contributed by atoms with Crippen LogP contribution in [0.5, 0.6) is 0 Å². The number of carbonyl (C=O) groups excluding carboxylic acids is 1. The average molecular weight is 487 g/mol. The Morgan fingerprint density at radius 2 is 1.68 bits per heavy atom. The largest absolute Gasteiger partial charge is 0.394 e. The molecule has 0 aliphatic carbocycles. The fourth-order valence-corrected chi connectivity index (χ4v) is 4.31. The van der Waals surface area contributed by atoms with Crippen molar-refractivity contribution >= 4 is 27.6 Å². The highest BCUT2D eigenvalue weighted by atomic mass is 32.2. The van der Waals surface area contributed by atoms with Crippen molar-refractivity contribution in [3.8, 4) is 0 Å². The fraction of sp³-hybridized carbons (Fsp3) is 0.400. The van der Waals surface area contributed by atoms with E-state index in [2.05, 4.69) is 20.0 Å². The second-order valence-corrected chi connectivity index (χ2v) is 10.9. The van der Waals surface area contributed by atoms with Crippen LogP contribution < -0.4 is 10.0 Å². The first-order valence-corrected chi connectivity index (χ1v) is 12.5. The van der Waals surface area contributed by atoms with Crippen molar-refractivity contribution in [3.05, 3.63) is 64.7 Å². The summed E-state index contributed by atoms with van der Waals surface area (Å²) >= 11 is 0. The zero-order valence-electron chi connectivity index (χ0n) is 20.8. The molecule has 0 bridgehead atoms. The predicted molar refractivity (Wildman–Crippen MR) is 136 cm³/mol. The van der Waals surface area contributed by atoms with Gasteiger partial charge in [-0.15, -0.1) is 0 Å². The Morgan fingerprint density at radius 3 is 2.24 bits per heavy atom. The van der Waals surface area contributed by atoms with Gasteiger partial charge in [-0.2, -0.15) is 0 Å². The summed E-state index contributed by atoms with van der Waals surface area (Å²) in [4.78, 5) is 21.3. The van der Waals surface area contributed by atoms with Gasteiger partial charge in [-0.1, -0.05) is 24.3 Å². The highest BCUT2D eigenvalue weighted by Gasteiger charge is 2.21. The molecule has 0 radical (unpaired) electrons. The lowest BCUT2D eigenvalue weighted by Gasteiger charge is -2.17. The Bertz CT molecular complexity index is 1190. The minimum Gasteiger partial charge on any atom is -0.394 e. The average Bonchev–Trinajstić information content (AvgIpc) is 2.72. The number of aliphatic hydroxyl groups is 1. The third-order valence-electron chi connectivity index (χ3n) is 4.84. The van der Waals surface area contributed by atoms with Gasteiger partial charge in [0.15, 0.2) is 0 Å². The number of nitrogens with one attached hydrogen (secondary N) is 2. The van der Waals surface area contributed by atoms with Crippen molar-refractivity contribution in [2.75, 3.05) is 6.61 Å². The smallest absolute Gasteiger partial charge is 0.264 e. The molecule has 0 heterocycles. The van der Waals surface area contributed by atoms with E-state index in [0.717, 1.165) is 16.7 Å². The molecule has 0 aliphatic rings. The number of sulfonamides is 1. The summed E-state index contributed by atoms with van der Waals surface area (Å²) < 4.78 is 28.9. The van der Waals surface area contributed by atoms with Crippen LogP contribution in [-0.4, -0.2) is 49.3 Å². The molecule has 8 nitrogen and oxygen atoms in total. The Balaban J connectivity index is 2.45. The van der Waals surface area contributed by atoms with Crippen molar-refractivity contribution in [3.63, 3.8) is 0 Å². The molecule has 1 amide bonds. The van der Waals surface area contributed by atoms with Crippen molar-refractivity contribution in [1.82, 2.24) is 10.0 Å². The molecule has 184 valence electrons. The number of guanidine groups is 1. The number of rotatable bonds is 6. The van der Waals surface area contributed by atoms with E-state index >= 15 is 0 Å². The van der Waals surface area contributed by atoms with E-state index in [4.69, 9.17) is 5.11 Å². The molecule has 0 saturated carbocycles. The fourth-order valence-electron chi connectivity index (χ4n) is 3.32. The lowest BCUT2D eigenvalue weighted by molar-refractivity contribution is 0.0922. The van der Waals surface area contributed by atoms with Crippen LogP contribution in [0.4, 0.5) is 0 Å². The van der Waals surface area contributed by atoms with Crippen LogP contribution in [0, 0.1) is 13.8 Å². The summed E-state index contributed by atoms with van der Waals surface area (Å²) in [5.74, 6) is -0.525.